The van der Waals surface area contributed by atoms with Gasteiger partial charge >= 0.3 is 0 Å². The van der Waals surface area contributed by atoms with Crippen molar-refractivity contribution in [3.63, 3.8) is 0 Å². The highest BCUT2D eigenvalue weighted by atomic mass is 35.5. The summed E-state index contributed by atoms with van der Waals surface area (Å²) in [5.41, 5.74) is 6.05. The van der Waals surface area contributed by atoms with E-state index in [1.54, 1.807) is 10.3 Å². The first-order valence-corrected chi connectivity index (χ1v) is 7.67. The number of thiazole rings is 1. The molecule has 5 nitrogen and oxygen atoms in total. The lowest BCUT2D eigenvalue weighted by Gasteiger charge is -2.27. The van der Waals surface area contributed by atoms with Gasteiger partial charge in [-0.2, -0.15) is 0 Å². The van der Waals surface area contributed by atoms with Crippen molar-refractivity contribution in [1.29, 1.82) is 0 Å². The number of aromatic nitrogens is 1. The predicted octanol–water partition coefficient (Wildman–Crippen LogP) is 2.00. The van der Waals surface area contributed by atoms with Gasteiger partial charge in [0.25, 0.3) is 5.91 Å². The quantitative estimate of drug-likeness (QED) is 0.878. The molecule has 0 saturated carbocycles. The second kappa shape index (κ2) is 9.58. The zero-order valence-corrected chi connectivity index (χ0v) is 14.9. The molecule has 1 aromatic heterocycles. The highest BCUT2D eigenvalue weighted by molar-refractivity contribution is 7.09. The number of likely N-dealkylation sites (tertiary alicyclic amines) is 1. The van der Waals surface area contributed by atoms with Crippen LogP contribution in [0.4, 0.5) is 0 Å². The van der Waals surface area contributed by atoms with Gasteiger partial charge in [-0.1, -0.05) is 6.92 Å². The summed E-state index contributed by atoms with van der Waals surface area (Å²) < 4.78 is 0. The highest BCUT2D eigenvalue weighted by Gasteiger charge is 2.26. The molecule has 0 bridgehead atoms. The third-order valence-corrected chi connectivity index (χ3v) is 4.55. The lowest BCUT2D eigenvalue weighted by Crippen LogP contribution is -2.41. The fourth-order valence-corrected chi connectivity index (χ4v) is 3.26. The number of hydrogen-bond donors (Lipinski definition) is 1. The minimum atomic E-state index is -0.00102. The molecule has 1 aliphatic rings. The first-order chi connectivity index (χ1) is 9.15. The van der Waals surface area contributed by atoms with E-state index >= 15 is 0 Å². The summed E-state index contributed by atoms with van der Waals surface area (Å²) in [7, 11) is 1.86. The van der Waals surface area contributed by atoms with E-state index < -0.39 is 0 Å². The van der Waals surface area contributed by atoms with Crippen LogP contribution in [0.3, 0.4) is 0 Å². The van der Waals surface area contributed by atoms with Crippen LogP contribution in [0.15, 0.2) is 5.38 Å². The van der Waals surface area contributed by atoms with Crippen molar-refractivity contribution >= 4 is 42.1 Å². The van der Waals surface area contributed by atoms with Crippen molar-refractivity contribution in [3.05, 3.63) is 16.1 Å². The maximum atomic E-state index is 12.3. The van der Waals surface area contributed by atoms with Crippen molar-refractivity contribution in [2.75, 3.05) is 26.7 Å². The molecule has 2 N–H and O–H groups in total. The monoisotopic (exact) mass is 354 g/mol. The molecule has 1 saturated heterocycles. The first kappa shape index (κ1) is 20.6. The third-order valence-electron chi connectivity index (χ3n) is 3.68. The van der Waals surface area contributed by atoms with E-state index in [9.17, 15) is 4.79 Å². The van der Waals surface area contributed by atoms with Gasteiger partial charge in [-0.3, -0.25) is 9.69 Å². The fraction of sp³-hybridized carbons (Fsp3) is 0.692. The Morgan fingerprint density at radius 3 is 2.86 bits per heavy atom. The second-order valence-corrected chi connectivity index (χ2v) is 5.88. The van der Waals surface area contributed by atoms with Crippen molar-refractivity contribution in [2.45, 2.75) is 32.4 Å². The molecule has 0 aromatic carbocycles. The molecule has 122 valence electrons. The maximum absolute atomic E-state index is 12.3. The van der Waals surface area contributed by atoms with Crippen molar-refractivity contribution in [3.8, 4) is 0 Å². The van der Waals surface area contributed by atoms with Gasteiger partial charge < -0.3 is 10.6 Å². The Kier molecular flexibility index (Phi) is 9.40. The Morgan fingerprint density at radius 2 is 2.29 bits per heavy atom. The van der Waals surface area contributed by atoms with Crippen LogP contribution < -0.4 is 5.73 Å². The maximum Gasteiger partial charge on any atom is 0.273 e. The second-order valence-electron chi connectivity index (χ2n) is 4.94. The Hall–Kier alpha value is -0.400. The van der Waals surface area contributed by atoms with Crippen molar-refractivity contribution in [1.82, 2.24) is 14.8 Å². The summed E-state index contributed by atoms with van der Waals surface area (Å²) in [6.07, 6.45) is 2.41. The zero-order valence-electron chi connectivity index (χ0n) is 12.4. The average Bonchev–Trinajstić information content (AvgIpc) is 3.06. The van der Waals surface area contributed by atoms with Crippen LogP contribution in [0, 0.1) is 0 Å². The van der Waals surface area contributed by atoms with E-state index in [1.807, 2.05) is 7.05 Å². The standard InChI is InChI=1S/C13H22N4OS.2ClH/c1-3-17-6-4-5-10(17)8-16(2)13(18)11-9-19-12(7-14)15-11;;/h9-10H,3-8,14H2,1-2H3;2*1H. The van der Waals surface area contributed by atoms with Crippen LogP contribution in [0.2, 0.25) is 0 Å². The van der Waals surface area contributed by atoms with Gasteiger partial charge in [0.2, 0.25) is 0 Å². The summed E-state index contributed by atoms with van der Waals surface area (Å²) >= 11 is 1.45. The van der Waals surface area contributed by atoms with Crippen molar-refractivity contribution in [2.24, 2.45) is 5.73 Å². The van der Waals surface area contributed by atoms with Gasteiger partial charge in [0.1, 0.15) is 10.7 Å². The molecule has 1 amide bonds. The topological polar surface area (TPSA) is 62.5 Å². The number of likely N-dealkylation sites (N-methyl/N-ethyl adjacent to an activating group) is 2. The van der Waals surface area contributed by atoms with Gasteiger partial charge in [0, 0.05) is 31.6 Å². The Balaban J connectivity index is 0.00000200. The van der Waals surface area contributed by atoms with Crippen LogP contribution in [0.25, 0.3) is 0 Å². The van der Waals surface area contributed by atoms with E-state index in [0.29, 0.717) is 18.3 Å². The van der Waals surface area contributed by atoms with Gasteiger partial charge in [0.05, 0.1) is 0 Å². The number of carbonyl (C=O) groups is 1. The molecule has 1 aliphatic heterocycles. The summed E-state index contributed by atoms with van der Waals surface area (Å²) in [4.78, 5) is 20.7. The molecule has 1 unspecified atom stereocenters. The number of hydrogen-bond acceptors (Lipinski definition) is 5. The molecule has 2 heterocycles. The number of amides is 1. The predicted molar refractivity (Wildman–Crippen MR) is 91.7 cm³/mol. The van der Waals surface area contributed by atoms with Gasteiger partial charge in [-0.15, -0.1) is 36.2 Å². The van der Waals surface area contributed by atoms with E-state index in [-0.39, 0.29) is 30.7 Å². The van der Waals surface area contributed by atoms with E-state index in [2.05, 4.69) is 16.8 Å². The van der Waals surface area contributed by atoms with Crippen LogP contribution in [0.5, 0.6) is 0 Å². The normalized spacial score (nSPS) is 18.0. The molecule has 0 spiro atoms. The SMILES string of the molecule is CCN1CCCC1CN(C)C(=O)c1csc(CN)n1.Cl.Cl. The van der Waals surface area contributed by atoms with Gasteiger partial charge in [-0.05, 0) is 25.9 Å². The number of nitrogens with zero attached hydrogens (tertiary/aromatic N) is 3. The molecular weight excluding hydrogens is 331 g/mol. The number of carbonyl (C=O) groups excluding carboxylic acids is 1. The molecule has 21 heavy (non-hydrogen) atoms. The molecule has 2 rings (SSSR count). The molecule has 0 radical (unpaired) electrons. The summed E-state index contributed by atoms with van der Waals surface area (Å²) in [5, 5.41) is 2.61. The lowest BCUT2D eigenvalue weighted by molar-refractivity contribution is 0.0749. The van der Waals surface area contributed by atoms with Crippen LogP contribution in [-0.4, -0.2) is 53.4 Å². The Labute approximate surface area is 142 Å². The van der Waals surface area contributed by atoms with Crippen LogP contribution in [-0.2, 0) is 6.54 Å². The Bertz CT molecular complexity index is 444. The van der Waals surface area contributed by atoms with E-state index in [0.717, 1.165) is 24.6 Å². The first-order valence-electron chi connectivity index (χ1n) is 6.79. The molecule has 1 atom stereocenters. The molecule has 1 fully saturated rings. The van der Waals surface area contributed by atoms with E-state index in [4.69, 9.17) is 5.73 Å². The third kappa shape index (κ3) is 5.07. The zero-order chi connectivity index (χ0) is 13.8. The smallest absolute Gasteiger partial charge is 0.273 e. The Morgan fingerprint density at radius 1 is 1.57 bits per heavy atom. The number of halogens is 2. The molecule has 8 heteroatoms. The number of nitrogens with two attached hydrogens (primary N) is 1. The van der Waals surface area contributed by atoms with Crippen LogP contribution >= 0.6 is 36.2 Å². The highest BCUT2D eigenvalue weighted by Crippen LogP contribution is 2.18. The molecule has 1 aromatic rings. The summed E-state index contributed by atoms with van der Waals surface area (Å²) in [5.74, 6) is -0.00102. The summed E-state index contributed by atoms with van der Waals surface area (Å²) in [6, 6.07) is 0.492. The van der Waals surface area contributed by atoms with Crippen molar-refractivity contribution < 1.29 is 4.79 Å². The fourth-order valence-electron chi connectivity index (χ4n) is 2.62. The van der Waals surface area contributed by atoms with Gasteiger partial charge in [0.15, 0.2) is 0 Å². The molecule has 0 aliphatic carbocycles. The van der Waals surface area contributed by atoms with E-state index in [1.165, 1.54) is 24.2 Å². The average molecular weight is 355 g/mol. The summed E-state index contributed by atoms with van der Waals surface area (Å²) in [6.45, 7) is 5.56. The molecular formula is C13H24Cl2N4OS. The number of rotatable bonds is 5. The lowest BCUT2D eigenvalue weighted by atomic mass is 10.2. The minimum absolute atomic E-state index is 0. The largest absolute Gasteiger partial charge is 0.339 e. The van der Waals surface area contributed by atoms with Crippen LogP contribution in [0.1, 0.15) is 35.3 Å². The van der Waals surface area contributed by atoms with Gasteiger partial charge in [-0.25, -0.2) is 4.98 Å². The minimum Gasteiger partial charge on any atom is -0.339 e.